The largest absolute Gasteiger partial charge is 0.498 e. The molecule has 0 bridgehead atoms. The lowest BCUT2D eigenvalue weighted by molar-refractivity contribution is 0.215. The number of nitrogens with zero attached hydrogens (tertiary/aromatic N) is 1. The maximum atomic E-state index is 13.5. The molecule has 0 saturated carbocycles. The summed E-state index contributed by atoms with van der Waals surface area (Å²) < 4.78 is 18.7. The highest BCUT2D eigenvalue weighted by Gasteiger charge is 2.01. The minimum Gasteiger partial charge on any atom is -0.498 e. The van der Waals surface area contributed by atoms with Crippen molar-refractivity contribution in [3.8, 4) is 6.07 Å². The molecule has 0 fully saturated rings. The van der Waals surface area contributed by atoms with E-state index in [1.165, 1.54) is 12.2 Å². The fraction of sp³-hybridized carbons (Fsp3) is 0.417. The number of alkyl halides is 1. The zero-order valence-corrected chi connectivity index (χ0v) is 11.1. The Morgan fingerprint density at radius 2 is 2.25 bits per heavy atom. The van der Waals surface area contributed by atoms with Gasteiger partial charge in [-0.3, -0.25) is 0 Å². The molecule has 0 aromatic rings. The smallest absolute Gasteiger partial charge is 0.144 e. The summed E-state index contributed by atoms with van der Waals surface area (Å²) in [5, 5.41) is 9.53. The molecule has 88 valence electrons. The maximum Gasteiger partial charge on any atom is 0.144 e. The van der Waals surface area contributed by atoms with Gasteiger partial charge >= 0.3 is 0 Å². The zero-order chi connectivity index (χ0) is 12.4. The maximum absolute atomic E-state index is 13.5. The highest BCUT2D eigenvalue weighted by molar-refractivity contribution is 9.09. The lowest BCUT2D eigenvalue weighted by Gasteiger charge is -2.04. The highest BCUT2D eigenvalue weighted by Crippen LogP contribution is 2.12. The molecule has 0 heterocycles. The van der Waals surface area contributed by atoms with Gasteiger partial charge in [0.1, 0.15) is 11.9 Å². The van der Waals surface area contributed by atoms with Crippen molar-refractivity contribution >= 4 is 15.9 Å². The Kier molecular flexibility index (Phi) is 8.55. The molecule has 4 heteroatoms. The van der Waals surface area contributed by atoms with Crippen LogP contribution < -0.4 is 0 Å². The topological polar surface area (TPSA) is 33.0 Å². The van der Waals surface area contributed by atoms with Crippen molar-refractivity contribution in [3.05, 3.63) is 35.4 Å². The molecule has 0 aromatic heterocycles. The van der Waals surface area contributed by atoms with Gasteiger partial charge in [0.15, 0.2) is 0 Å². The van der Waals surface area contributed by atoms with E-state index in [1.807, 2.05) is 0 Å². The Hall–Kier alpha value is -1.08. The van der Waals surface area contributed by atoms with Crippen molar-refractivity contribution in [1.82, 2.24) is 0 Å². The number of hydrogen-bond donors (Lipinski definition) is 0. The van der Waals surface area contributed by atoms with Gasteiger partial charge in [0.05, 0.1) is 17.9 Å². The van der Waals surface area contributed by atoms with Crippen molar-refractivity contribution in [2.45, 2.75) is 20.3 Å². The molecule has 0 aliphatic heterocycles. The monoisotopic (exact) mass is 287 g/mol. The summed E-state index contributed by atoms with van der Waals surface area (Å²) in [5.74, 6) is -0.104. The first kappa shape index (κ1) is 14.9. The summed E-state index contributed by atoms with van der Waals surface area (Å²) in [5.41, 5.74) is 0.00550. The number of halogens is 2. The fourth-order valence-corrected chi connectivity index (χ4v) is 1.15. The Bertz CT molecular complexity index is 339. The summed E-state index contributed by atoms with van der Waals surface area (Å²) in [4.78, 5) is 0. The molecule has 16 heavy (non-hydrogen) atoms. The van der Waals surface area contributed by atoms with Gasteiger partial charge in [-0.25, -0.2) is 4.39 Å². The van der Waals surface area contributed by atoms with E-state index in [2.05, 4.69) is 15.9 Å². The average molecular weight is 288 g/mol. The lowest BCUT2D eigenvalue weighted by atomic mass is 10.2. The van der Waals surface area contributed by atoms with Crippen molar-refractivity contribution in [2.75, 3.05) is 11.9 Å². The van der Waals surface area contributed by atoms with E-state index < -0.39 is 5.83 Å². The standard InChI is InChI=1S/C12H15BrFNO/c1-3-5-11(9-15)12(14)8-10(2)16-7-4-6-13/h3,5,8H,4,6-7H2,1-2H3/b5-3-,10-8+,12-11-. The van der Waals surface area contributed by atoms with E-state index in [0.29, 0.717) is 12.4 Å². The van der Waals surface area contributed by atoms with Crippen molar-refractivity contribution in [2.24, 2.45) is 0 Å². The molecular weight excluding hydrogens is 273 g/mol. The van der Waals surface area contributed by atoms with E-state index in [0.717, 1.165) is 11.8 Å². The lowest BCUT2D eigenvalue weighted by Crippen LogP contribution is -1.93. The number of hydrogen-bond acceptors (Lipinski definition) is 2. The molecule has 0 unspecified atom stereocenters. The molecule has 0 amide bonds. The molecule has 0 saturated heterocycles. The van der Waals surface area contributed by atoms with Crippen LogP contribution in [0.25, 0.3) is 0 Å². The molecule has 0 atom stereocenters. The van der Waals surface area contributed by atoms with E-state index >= 15 is 0 Å². The summed E-state index contributed by atoms with van der Waals surface area (Å²) in [6.07, 6.45) is 5.13. The van der Waals surface area contributed by atoms with Crippen LogP contribution in [0, 0.1) is 11.3 Å². The number of nitriles is 1. The van der Waals surface area contributed by atoms with Gasteiger partial charge in [-0.2, -0.15) is 5.26 Å². The number of rotatable bonds is 6. The predicted molar refractivity (Wildman–Crippen MR) is 66.7 cm³/mol. The zero-order valence-electron chi connectivity index (χ0n) is 9.46. The van der Waals surface area contributed by atoms with Gasteiger partial charge in [-0.05, 0) is 26.3 Å². The Morgan fingerprint density at radius 3 is 2.75 bits per heavy atom. The molecule has 0 spiro atoms. The second-order valence-corrected chi connectivity index (χ2v) is 3.81. The van der Waals surface area contributed by atoms with Gasteiger partial charge in [-0.15, -0.1) is 0 Å². The number of ether oxygens (including phenoxy) is 1. The van der Waals surface area contributed by atoms with E-state index in [4.69, 9.17) is 10.00 Å². The average Bonchev–Trinajstić information content (AvgIpc) is 2.26. The van der Waals surface area contributed by atoms with Crippen LogP contribution in [0.3, 0.4) is 0 Å². The molecule has 2 nitrogen and oxygen atoms in total. The molecule has 0 N–H and O–H groups in total. The molecule has 0 aromatic carbocycles. The molecular formula is C12H15BrFNO. The summed E-state index contributed by atoms with van der Waals surface area (Å²) >= 11 is 3.27. The van der Waals surface area contributed by atoms with Gasteiger partial charge in [0.25, 0.3) is 0 Å². The van der Waals surface area contributed by atoms with E-state index in [-0.39, 0.29) is 5.57 Å². The van der Waals surface area contributed by atoms with Gasteiger partial charge in [-0.1, -0.05) is 22.0 Å². The first-order chi connectivity index (χ1) is 7.65. The van der Waals surface area contributed by atoms with Gasteiger partial charge in [0, 0.05) is 11.4 Å². The van der Waals surface area contributed by atoms with Gasteiger partial charge < -0.3 is 4.74 Å². The second-order valence-electron chi connectivity index (χ2n) is 3.02. The highest BCUT2D eigenvalue weighted by atomic mass is 79.9. The molecule has 0 aliphatic rings. The van der Waals surface area contributed by atoms with Crippen LogP contribution in [0.2, 0.25) is 0 Å². The van der Waals surface area contributed by atoms with Crippen LogP contribution in [0.1, 0.15) is 20.3 Å². The third-order valence-corrected chi connectivity index (χ3v) is 2.21. The van der Waals surface area contributed by atoms with Crippen LogP contribution in [0.4, 0.5) is 4.39 Å². The van der Waals surface area contributed by atoms with Gasteiger partial charge in [0.2, 0.25) is 0 Å². The molecule has 0 aliphatic carbocycles. The summed E-state index contributed by atoms with van der Waals surface area (Å²) in [6.45, 7) is 3.93. The fourth-order valence-electron chi connectivity index (χ4n) is 0.923. The first-order valence-electron chi connectivity index (χ1n) is 4.95. The normalized spacial score (nSPS) is 13.6. The minimum absolute atomic E-state index is 0.00550. The third-order valence-electron chi connectivity index (χ3n) is 1.65. The first-order valence-corrected chi connectivity index (χ1v) is 6.07. The van der Waals surface area contributed by atoms with Crippen LogP contribution >= 0.6 is 15.9 Å². The molecule has 0 radical (unpaired) electrons. The Labute approximate surface area is 104 Å². The Balaban J connectivity index is 4.55. The SMILES string of the molecule is C\C=C/C(C#N)=C(F)\C=C(/C)OCCCBr. The van der Waals surface area contributed by atoms with E-state index in [1.54, 1.807) is 26.0 Å². The quantitative estimate of drug-likeness (QED) is 0.243. The van der Waals surface area contributed by atoms with Crippen LogP contribution in [-0.2, 0) is 4.74 Å². The molecule has 0 rings (SSSR count). The van der Waals surface area contributed by atoms with Crippen molar-refractivity contribution in [1.29, 1.82) is 5.26 Å². The minimum atomic E-state index is -0.572. The van der Waals surface area contributed by atoms with Crippen molar-refractivity contribution in [3.63, 3.8) is 0 Å². The summed E-state index contributed by atoms with van der Waals surface area (Å²) in [7, 11) is 0. The number of allylic oxidation sites excluding steroid dienone is 6. The summed E-state index contributed by atoms with van der Waals surface area (Å²) in [6, 6.07) is 1.79. The van der Waals surface area contributed by atoms with Crippen LogP contribution in [0.15, 0.2) is 35.4 Å². The Morgan fingerprint density at radius 1 is 1.56 bits per heavy atom. The predicted octanol–water partition coefficient (Wildman–Crippen LogP) is 4.02. The second kappa shape index (κ2) is 9.17. The third kappa shape index (κ3) is 6.41. The van der Waals surface area contributed by atoms with Crippen LogP contribution in [0.5, 0.6) is 0 Å². The van der Waals surface area contributed by atoms with E-state index in [9.17, 15) is 4.39 Å². The van der Waals surface area contributed by atoms with Crippen LogP contribution in [-0.4, -0.2) is 11.9 Å². The van der Waals surface area contributed by atoms with Crippen molar-refractivity contribution < 1.29 is 9.13 Å².